The lowest BCUT2D eigenvalue weighted by Crippen LogP contribution is -2.40. The van der Waals surface area contributed by atoms with Gasteiger partial charge in [-0.1, -0.05) is 17.7 Å². The van der Waals surface area contributed by atoms with Crippen molar-refractivity contribution in [3.63, 3.8) is 0 Å². The second-order valence-electron chi connectivity index (χ2n) is 3.64. The van der Waals surface area contributed by atoms with E-state index in [4.69, 9.17) is 5.73 Å². The molecule has 76 valence electrons. The van der Waals surface area contributed by atoms with Crippen molar-refractivity contribution in [2.45, 2.75) is 26.8 Å². The number of amides is 2. The van der Waals surface area contributed by atoms with Gasteiger partial charge in [-0.3, -0.25) is 4.90 Å². The van der Waals surface area contributed by atoms with Gasteiger partial charge in [0.25, 0.3) is 0 Å². The van der Waals surface area contributed by atoms with Crippen molar-refractivity contribution >= 4 is 11.7 Å². The fraction of sp³-hybridized carbons (Fsp3) is 0.364. The van der Waals surface area contributed by atoms with E-state index in [0.29, 0.717) is 0 Å². The highest BCUT2D eigenvalue weighted by molar-refractivity contribution is 5.91. The van der Waals surface area contributed by atoms with E-state index in [-0.39, 0.29) is 6.04 Å². The van der Waals surface area contributed by atoms with E-state index in [9.17, 15) is 4.79 Å². The highest BCUT2D eigenvalue weighted by atomic mass is 16.2. The number of benzene rings is 1. The third kappa shape index (κ3) is 2.25. The third-order valence-electron chi connectivity index (χ3n) is 2.07. The molecule has 2 N–H and O–H groups in total. The Morgan fingerprint density at radius 3 is 2.14 bits per heavy atom. The van der Waals surface area contributed by atoms with Crippen LogP contribution >= 0.6 is 0 Å². The molecule has 0 aromatic heterocycles. The summed E-state index contributed by atoms with van der Waals surface area (Å²) >= 11 is 0. The number of hydrogen-bond acceptors (Lipinski definition) is 1. The number of carbonyl (C=O) groups is 1. The molecule has 3 heteroatoms. The maximum absolute atomic E-state index is 11.2. The molecule has 1 rings (SSSR count). The molecule has 1 aromatic rings. The van der Waals surface area contributed by atoms with E-state index >= 15 is 0 Å². The van der Waals surface area contributed by atoms with Crippen molar-refractivity contribution in [2.75, 3.05) is 4.90 Å². The molecule has 0 unspecified atom stereocenters. The monoisotopic (exact) mass is 192 g/mol. The summed E-state index contributed by atoms with van der Waals surface area (Å²) < 4.78 is 0. The van der Waals surface area contributed by atoms with Gasteiger partial charge >= 0.3 is 6.03 Å². The molecule has 0 fully saturated rings. The predicted octanol–water partition coefficient (Wildman–Crippen LogP) is 2.29. The summed E-state index contributed by atoms with van der Waals surface area (Å²) in [6.45, 7) is 5.88. The van der Waals surface area contributed by atoms with Crippen molar-refractivity contribution in [1.82, 2.24) is 0 Å². The van der Waals surface area contributed by atoms with Crippen LogP contribution < -0.4 is 10.6 Å². The summed E-state index contributed by atoms with van der Waals surface area (Å²) in [5.74, 6) is 0. The Kier molecular flexibility index (Phi) is 3.12. The number of hydrogen-bond donors (Lipinski definition) is 1. The van der Waals surface area contributed by atoms with E-state index in [0.717, 1.165) is 5.69 Å². The van der Waals surface area contributed by atoms with Crippen LogP contribution in [0.2, 0.25) is 0 Å². The second kappa shape index (κ2) is 4.13. The van der Waals surface area contributed by atoms with Crippen LogP contribution in [-0.4, -0.2) is 12.1 Å². The van der Waals surface area contributed by atoms with Gasteiger partial charge in [0.15, 0.2) is 0 Å². The topological polar surface area (TPSA) is 46.3 Å². The maximum Gasteiger partial charge on any atom is 0.319 e. The fourth-order valence-electron chi connectivity index (χ4n) is 1.39. The molecule has 0 spiro atoms. The molecule has 0 aliphatic carbocycles. The van der Waals surface area contributed by atoms with E-state index < -0.39 is 6.03 Å². The summed E-state index contributed by atoms with van der Waals surface area (Å²) in [4.78, 5) is 12.7. The Morgan fingerprint density at radius 2 is 1.79 bits per heavy atom. The van der Waals surface area contributed by atoms with Crippen LogP contribution in [0.15, 0.2) is 24.3 Å². The summed E-state index contributed by atoms with van der Waals surface area (Å²) in [5, 5.41) is 0. The Hall–Kier alpha value is -1.51. The van der Waals surface area contributed by atoms with Gasteiger partial charge in [0, 0.05) is 11.7 Å². The number of rotatable bonds is 2. The number of aryl methyl sites for hydroxylation is 1. The molecule has 2 amide bonds. The largest absolute Gasteiger partial charge is 0.351 e. The molecule has 0 aliphatic rings. The summed E-state index contributed by atoms with van der Waals surface area (Å²) in [7, 11) is 0. The first kappa shape index (κ1) is 10.6. The number of urea groups is 1. The molecule has 1 aromatic carbocycles. The molecular weight excluding hydrogens is 176 g/mol. The Labute approximate surface area is 84.5 Å². The minimum absolute atomic E-state index is 0.0789. The third-order valence-corrected chi connectivity index (χ3v) is 2.07. The molecule has 14 heavy (non-hydrogen) atoms. The van der Waals surface area contributed by atoms with Crippen LogP contribution in [0.25, 0.3) is 0 Å². The SMILES string of the molecule is Cc1ccc(N(C(N)=O)C(C)C)cc1. The zero-order valence-electron chi connectivity index (χ0n) is 8.82. The molecule has 0 aliphatic heterocycles. The van der Waals surface area contributed by atoms with Gasteiger partial charge in [-0.05, 0) is 32.9 Å². The van der Waals surface area contributed by atoms with Crippen LogP contribution in [-0.2, 0) is 0 Å². The Balaban J connectivity index is 3.00. The smallest absolute Gasteiger partial charge is 0.319 e. The van der Waals surface area contributed by atoms with Crippen molar-refractivity contribution < 1.29 is 4.79 Å². The Morgan fingerprint density at radius 1 is 1.29 bits per heavy atom. The highest BCUT2D eigenvalue weighted by Crippen LogP contribution is 2.17. The van der Waals surface area contributed by atoms with Gasteiger partial charge in [0.05, 0.1) is 0 Å². The molecule has 0 saturated carbocycles. The van der Waals surface area contributed by atoms with E-state index in [1.165, 1.54) is 5.56 Å². The number of nitrogens with zero attached hydrogens (tertiary/aromatic N) is 1. The summed E-state index contributed by atoms with van der Waals surface area (Å²) in [5.41, 5.74) is 7.31. The van der Waals surface area contributed by atoms with Gasteiger partial charge in [0.1, 0.15) is 0 Å². The zero-order chi connectivity index (χ0) is 10.7. The first-order chi connectivity index (χ1) is 6.52. The predicted molar refractivity (Wildman–Crippen MR) is 58.4 cm³/mol. The van der Waals surface area contributed by atoms with Gasteiger partial charge in [-0.15, -0.1) is 0 Å². The normalized spacial score (nSPS) is 10.3. The number of primary amides is 1. The molecule has 0 radical (unpaired) electrons. The average molecular weight is 192 g/mol. The van der Waals surface area contributed by atoms with Crippen LogP contribution in [0.3, 0.4) is 0 Å². The van der Waals surface area contributed by atoms with Crippen molar-refractivity contribution in [3.8, 4) is 0 Å². The number of anilines is 1. The van der Waals surface area contributed by atoms with Gasteiger partial charge in [-0.2, -0.15) is 0 Å². The van der Waals surface area contributed by atoms with Crippen LogP contribution in [0.5, 0.6) is 0 Å². The van der Waals surface area contributed by atoms with Crippen LogP contribution in [0, 0.1) is 6.92 Å². The minimum Gasteiger partial charge on any atom is -0.351 e. The zero-order valence-corrected chi connectivity index (χ0v) is 8.82. The first-order valence-corrected chi connectivity index (χ1v) is 4.67. The average Bonchev–Trinajstić information content (AvgIpc) is 2.07. The van der Waals surface area contributed by atoms with Crippen LogP contribution in [0.1, 0.15) is 19.4 Å². The quantitative estimate of drug-likeness (QED) is 0.767. The molecule has 3 nitrogen and oxygen atoms in total. The standard InChI is InChI=1S/C11H16N2O/c1-8(2)13(11(12)14)10-6-4-9(3)5-7-10/h4-8H,1-3H3,(H2,12,14). The molecular formula is C11H16N2O. The number of nitrogens with two attached hydrogens (primary N) is 1. The number of carbonyl (C=O) groups excluding carboxylic acids is 1. The van der Waals surface area contributed by atoms with Gasteiger partial charge in [0.2, 0.25) is 0 Å². The maximum atomic E-state index is 11.2. The molecule has 0 heterocycles. The lowest BCUT2D eigenvalue weighted by molar-refractivity contribution is 0.252. The lowest BCUT2D eigenvalue weighted by Gasteiger charge is -2.24. The molecule has 0 saturated heterocycles. The van der Waals surface area contributed by atoms with Crippen molar-refractivity contribution in [2.24, 2.45) is 5.73 Å². The molecule has 0 atom stereocenters. The van der Waals surface area contributed by atoms with Gasteiger partial charge in [-0.25, -0.2) is 4.79 Å². The Bertz CT molecular complexity index is 317. The van der Waals surface area contributed by atoms with Gasteiger partial charge < -0.3 is 5.73 Å². The van der Waals surface area contributed by atoms with E-state index in [2.05, 4.69) is 0 Å². The first-order valence-electron chi connectivity index (χ1n) is 4.67. The second-order valence-corrected chi connectivity index (χ2v) is 3.64. The van der Waals surface area contributed by atoms with E-state index in [1.54, 1.807) is 4.90 Å². The lowest BCUT2D eigenvalue weighted by atomic mass is 10.2. The fourth-order valence-corrected chi connectivity index (χ4v) is 1.39. The van der Waals surface area contributed by atoms with E-state index in [1.807, 2.05) is 45.0 Å². The highest BCUT2D eigenvalue weighted by Gasteiger charge is 2.15. The van der Waals surface area contributed by atoms with Crippen molar-refractivity contribution in [1.29, 1.82) is 0 Å². The minimum atomic E-state index is -0.413. The van der Waals surface area contributed by atoms with Crippen molar-refractivity contribution in [3.05, 3.63) is 29.8 Å². The molecule has 0 bridgehead atoms. The summed E-state index contributed by atoms with van der Waals surface area (Å²) in [6.07, 6.45) is 0. The summed E-state index contributed by atoms with van der Waals surface area (Å²) in [6, 6.07) is 7.40. The van der Waals surface area contributed by atoms with Crippen LogP contribution in [0.4, 0.5) is 10.5 Å².